The monoisotopic (exact) mass is 240 g/mol. The van der Waals surface area contributed by atoms with E-state index in [-0.39, 0.29) is 11.9 Å². The van der Waals surface area contributed by atoms with E-state index in [0.29, 0.717) is 11.3 Å². The Morgan fingerprint density at radius 2 is 2.12 bits per heavy atom. The van der Waals surface area contributed by atoms with Crippen molar-refractivity contribution in [3.8, 4) is 0 Å². The minimum Gasteiger partial charge on any atom is -0.341 e. The molecule has 3 nitrogen and oxygen atoms in total. The lowest BCUT2D eigenvalue weighted by molar-refractivity contribution is -0.132. The van der Waals surface area contributed by atoms with E-state index in [2.05, 4.69) is 27.7 Å². The highest BCUT2D eigenvalue weighted by atomic mass is 16.2. The highest BCUT2D eigenvalue weighted by molar-refractivity contribution is 5.81. The maximum atomic E-state index is 12.1. The average molecular weight is 240 g/mol. The van der Waals surface area contributed by atoms with E-state index in [4.69, 9.17) is 5.73 Å². The zero-order valence-corrected chi connectivity index (χ0v) is 11.8. The number of carbonyl (C=O) groups is 1. The summed E-state index contributed by atoms with van der Waals surface area (Å²) in [5.74, 6) is 0.773. The van der Waals surface area contributed by atoms with Crippen LogP contribution in [-0.4, -0.2) is 29.9 Å². The third-order valence-electron chi connectivity index (χ3n) is 3.91. The van der Waals surface area contributed by atoms with E-state index in [0.717, 1.165) is 38.8 Å². The molecule has 1 rings (SSSR count). The summed E-state index contributed by atoms with van der Waals surface area (Å²) >= 11 is 0. The van der Waals surface area contributed by atoms with Crippen LogP contribution in [0.2, 0.25) is 0 Å². The van der Waals surface area contributed by atoms with Crippen molar-refractivity contribution in [1.29, 1.82) is 0 Å². The number of rotatable bonds is 4. The molecule has 1 aliphatic rings. The maximum Gasteiger partial charge on any atom is 0.239 e. The Hall–Kier alpha value is -0.570. The summed E-state index contributed by atoms with van der Waals surface area (Å²) in [5.41, 5.74) is 6.24. The predicted octanol–water partition coefficient (Wildman–Crippen LogP) is 2.40. The second-order valence-corrected chi connectivity index (χ2v) is 6.38. The molecule has 1 unspecified atom stereocenters. The minimum absolute atomic E-state index is 0.158. The number of amides is 1. The molecule has 17 heavy (non-hydrogen) atoms. The summed E-state index contributed by atoms with van der Waals surface area (Å²) in [6.07, 6.45) is 4.09. The van der Waals surface area contributed by atoms with Gasteiger partial charge in [-0.2, -0.15) is 0 Å². The SMILES string of the molecule is CCCC[C@H](N)C(=O)N1CCC(C(C)(C)C)C1. The molecule has 0 aromatic heterocycles. The summed E-state index contributed by atoms with van der Waals surface area (Å²) in [4.78, 5) is 14.1. The standard InChI is InChI=1S/C14H28N2O/c1-5-6-7-12(15)13(17)16-9-8-11(10-16)14(2,3)4/h11-12H,5-10,15H2,1-4H3/t11?,12-/m0/s1. The van der Waals surface area contributed by atoms with Gasteiger partial charge < -0.3 is 10.6 Å². The van der Waals surface area contributed by atoms with Gasteiger partial charge in [0.25, 0.3) is 0 Å². The maximum absolute atomic E-state index is 12.1. The Kier molecular flexibility index (Phi) is 4.99. The van der Waals surface area contributed by atoms with Gasteiger partial charge in [0.2, 0.25) is 5.91 Å². The molecule has 1 saturated heterocycles. The Balaban J connectivity index is 2.45. The number of carbonyl (C=O) groups excluding carboxylic acids is 1. The van der Waals surface area contributed by atoms with Gasteiger partial charge in [-0.25, -0.2) is 0 Å². The summed E-state index contributed by atoms with van der Waals surface area (Å²) in [7, 11) is 0. The zero-order valence-electron chi connectivity index (χ0n) is 11.8. The van der Waals surface area contributed by atoms with Gasteiger partial charge in [0.1, 0.15) is 0 Å². The summed E-state index contributed by atoms with van der Waals surface area (Å²) in [6.45, 7) is 10.7. The Morgan fingerprint density at radius 3 is 2.59 bits per heavy atom. The van der Waals surface area contributed by atoms with Gasteiger partial charge in [-0.1, -0.05) is 40.5 Å². The van der Waals surface area contributed by atoms with Gasteiger partial charge >= 0.3 is 0 Å². The smallest absolute Gasteiger partial charge is 0.239 e. The molecular formula is C14H28N2O. The summed E-state index contributed by atoms with van der Waals surface area (Å²) < 4.78 is 0. The van der Waals surface area contributed by atoms with Crippen LogP contribution in [0.3, 0.4) is 0 Å². The molecule has 1 amide bonds. The molecule has 0 bridgehead atoms. The molecule has 2 atom stereocenters. The van der Waals surface area contributed by atoms with Gasteiger partial charge in [0.15, 0.2) is 0 Å². The lowest BCUT2D eigenvalue weighted by Gasteiger charge is -2.27. The Bertz CT molecular complexity index is 257. The van der Waals surface area contributed by atoms with Crippen molar-refractivity contribution in [3.63, 3.8) is 0 Å². The first kappa shape index (κ1) is 14.5. The Morgan fingerprint density at radius 1 is 1.47 bits per heavy atom. The van der Waals surface area contributed by atoms with Crippen molar-refractivity contribution in [2.24, 2.45) is 17.1 Å². The molecule has 3 heteroatoms. The first-order chi connectivity index (χ1) is 7.86. The van der Waals surface area contributed by atoms with Crippen LogP contribution >= 0.6 is 0 Å². The number of unbranched alkanes of at least 4 members (excludes halogenated alkanes) is 1. The zero-order chi connectivity index (χ0) is 13.1. The highest BCUT2D eigenvalue weighted by Gasteiger charge is 2.34. The second kappa shape index (κ2) is 5.85. The van der Waals surface area contributed by atoms with Crippen LogP contribution in [0, 0.1) is 11.3 Å². The third-order valence-corrected chi connectivity index (χ3v) is 3.91. The number of hydrogen-bond acceptors (Lipinski definition) is 2. The van der Waals surface area contributed by atoms with Crippen LogP contribution < -0.4 is 5.73 Å². The van der Waals surface area contributed by atoms with Gasteiger partial charge in [0.05, 0.1) is 6.04 Å². The molecule has 0 saturated carbocycles. The van der Waals surface area contributed by atoms with Crippen LogP contribution in [0.5, 0.6) is 0 Å². The summed E-state index contributed by atoms with van der Waals surface area (Å²) in [6, 6.07) is -0.284. The number of hydrogen-bond donors (Lipinski definition) is 1. The molecule has 0 aromatic rings. The molecule has 1 aliphatic heterocycles. The van der Waals surface area contributed by atoms with Crippen molar-refractivity contribution in [2.45, 2.75) is 59.4 Å². The van der Waals surface area contributed by atoms with E-state index in [1.54, 1.807) is 0 Å². The second-order valence-electron chi connectivity index (χ2n) is 6.38. The van der Waals surface area contributed by atoms with Gasteiger partial charge in [0, 0.05) is 13.1 Å². The van der Waals surface area contributed by atoms with E-state index < -0.39 is 0 Å². The fourth-order valence-corrected chi connectivity index (χ4v) is 2.45. The Labute approximate surface area is 106 Å². The molecular weight excluding hydrogens is 212 g/mol. The van der Waals surface area contributed by atoms with Gasteiger partial charge in [-0.15, -0.1) is 0 Å². The first-order valence-electron chi connectivity index (χ1n) is 6.90. The number of nitrogens with two attached hydrogens (primary N) is 1. The fraction of sp³-hybridized carbons (Fsp3) is 0.929. The largest absolute Gasteiger partial charge is 0.341 e. The minimum atomic E-state index is -0.284. The molecule has 1 fully saturated rings. The van der Waals surface area contributed by atoms with Crippen LogP contribution in [0.4, 0.5) is 0 Å². The number of likely N-dealkylation sites (tertiary alicyclic amines) is 1. The molecule has 100 valence electrons. The van der Waals surface area contributed by atoms with E-state index >= 15 is 0 Å². The topological polar surface area (TPSA) is 46.3 Å². The quantitative estimate of drug-likeness (QED) is 0.820. The van der Waals surface area contributed by atoms with E-state index in [1.807, 2.05) is 4.90 Å². The highest BCUT2D eigenvalue weighted by Crippen LogP contribution is 2.33. The van der Waals surface area contributed by atoms with Gasteiger partial charge in [-0.05, 0) is 24.2 Å². The number of nitrogens with zero attached hydrogens (tertiary/aromatic N) is 1. The normalized spacial score (nSPS) is 22.9. The summed E-state index contributed by atoms with van der Waals surface area (Å²) in [5, 5.41) is 0. The molecule has 0 radical (unpaired) electrons. The van der Waals surface area contributed by atoms with Crippen LogP contribution in [0.25, 0.3) is 0 Å². The molecule has 2 N–H and O–H groups in total. The van der Waals surface area contributed by atoms with Crippen LogP contribution in [0.1, 0.15) is 53.4 Å². The molecule has 0 aliphatic carbocycles. The molecule has 1 heterocycles. The van der Waals surface area contributed by atoms with E-state index in [1.165, 1.54) is 0 Å². The van der Waals surface area contributed by atoms with Crippen molar-refractivity contribution in [3.05, 3.63) is 0 Å². The van der Waals surface area contributed by atoms with E-state index in [9.17, 15) is 4.79 Å². The lowest BCUT2D eigenvalue weighted by atomic mass is 9.80. The van der Waals surface area contributed by atoms with Crippen molar-refractivity contribution in [2.75, 3.05) is 13.1 Å². The van der Waals surface area contributed by atoms with Crippen molar-refractivity contribution in [1.82, 2.24) is 4.90 Å². The van der Waals surface area contributed by atoms with Crippen LogP contribution in [-0.2, 0) is 4.79 Å². The lowest BCUT2D eigenvalue weighted by Crippen LogP contribution is -2.43. The molecule has 0 aromatic carbocycles. The molecule has 0 spiro atoms. The average Bonchev–Trinajstić information content (AvgIpc) is 2.73. The van der Waals surface area contributed by atoms with Gasteiger partial charge in [-0.3, -0.25) is 4.79 Å². The van der Waals surface area contributed by atoms with Crippen LogP contribution in [0.15, 0.2) is 0 Å². The first-order valence-corrected chi connectivity index (χ1v) is 6.90. The fourth-order valence-electron chi connectivity index (χ4n) is 2.45. The predicted molar refractivity (Wildman–Crippen MR) is 71.6 cm³/mol. The van der Waals surface area contributed by atoms with Crippen molar-refractivity contribution < 1.29 is 4.79 Å². The third kappa shape index (κ3) is 3.98. The van der Waals surface area contributed by atoms with Crippen molar-refractivity contribution >= 4 is 5.91 Å².